The number of allylic oxidation sites excluding steroid dienone is 5. The number of rotatable bonds is 15. The Morgan fingerprint density at radius 3 is 2.62 bits per heavy atom. The number of aliphatic imine (C=N–C) groups is 1. The normalized spacial score (nSPS) is 14.8. The lowest BCUT2D eigenvalue weighted by Crippen LogP contribution is -2.38. The van der Waals surface area contributed by atoms with Crippen molar-refractivity contribution in [1.82, 2.24) is 15.5 Å². The molecule has 0 aliphatic rings. The van der Waals surface area contributed by atoms with Crippen molar-refractivity contribution in [2.45, 2.75) is 52.5 Å². The van der Waals surface area contributed by atoms with E-state index in [-0.39, 0.29) is 5.50 Å². The number of likely N-dealkylation sites (N-methyl/N-ethyl adjacent to an activating group) is 1. The lowest BCUT2D eigenvalue weighted by Gasteiger charge is -2.18. The first-order valence-corrected chi connectivity index (χ1v) is 10.3. The van der Waals surface area contributed by atoms with E-state index in [9.17, 15) is 0 Å². The molecular weight excluding hydrogens is 342 g/mol. The van der Waals surface area contributed by atoms with Crippen molar-refractivity contribution in [3.05, 3.63) is 34.8 Å². The number of nitrogens with two attached hydrogens (primary N) is 1. The first-order valence-electron chi connectivity index (χ1n) is 9.46. The molecule has 6 heteroatoms. The zero-order valence-electron chi connectivity index (χ0n) is 17.3. The number of thioether (sulfide) groups is 1. The van der Waals surface area contributed by atoms with E-state index in [0.717, 1.165) is 38.9 Å². The summed E-state index contributed by atoms with van der Waals surface area (Å²) in [6, 6.07) is 0. The van der Waals surface area contributed by atoms with Crippen molar-refractivity contribution in [2.75, 3.05) is 33.4 Å². The van der Waals surface area contributed by atoms with Crippen LogP contribution in [0.5, 0.6) is 0 Å². The molecule has 0 rings (SSSR count). The summed E-state index contributed by atoms with van der Waals surface area (Å²) >= 11 is 1.71. The second-order valence-corrected chi connectivity index (χ2v) is 7.59. The van der Waals surface area contributed by atoms with Gasteiger partial charge in [-0.1, -0.05) is 48.9 Å². The topological polar surface area (TPSA) is 65.7 Å². The van der Waals surface area contributed by atoms with Gasteiger partial charge in [-0.25, -0.2) is 4.99 Å². The number of nitrogens with one attached hydrogen (secondary N) is 2. The lowest BCUT2D eigenvalue weighted by molar-refractivity contribution is 0.346. The SMILES string of the molecule is C=CCC(=CCC(C)=C(C)SC(N=CN)NCNCCN(C)CC)CC. The largest absolute Gasteiger partial charge is 0.390 e. The van der Waals surface area contributed by atoms with E-state index in [1.54, 1.807) is 11.8 Å². The minimum atomic E-state index is -0.0749. The summed E-state index contributed by atoms with van der Waals surface area (Å²) in [5.41, 5.74) is 8.24. The Morgan fingerprint density at radius 2 is 2.04 bits per heavy atom. The average Bonchev–Trinajstić information content (AvgIpc) is 2.64. The Hall–Kier alpha value is -1.08. The van der Waals surface area contributed by atoms with Gasteiger partial charge < -0.3 is 16.0 Å². The van der Waals surface area contributed by atoms with Crippen LogP contribution in [0.15, 0.2) is 39.8 Å². The van der Waals surface area contributed by atoms with Gasteiger partial charge in [-0.2, -0.15) is 0 Å². The Morgan fingerprint density at radius 1 is 1.31 bits per heavy atom. The average molecular weight is 382 g/mol. The van der Waals surface area contributed by atoms with Gasteiger partial charge in [0.05, 0.1) is 6.34 Å². The highest BCUT2D eigenvalue weighted by molar-refractivity contribution is 8.03. The molecule has 0 aromatic heterocycles. The van der Waals surface area contributed by atoms with Crippen LogP contribution in [0.3, 0.4) is 0 Å². The molecule has 0 fully saturated rings. The van der Waals surface area contributed by atoms with E-state index in [1.807, 2.05) is 6.08 Å². The van der Waals surface area contributed by atoms with Gasteiger partial charge in [0, 0.05) is 19.8 Å². The molecule has 150 valence electrons. The summed E-state index contributed by atoms with van der Waals surface area (Å²) in [5.74, 6) is 0. The summed E-state index contributed by atoms with van der Waals surface area (Å²) in [6.45, 7) is 16.3. The Kier molecular flexibility index (Phi) is 15.5. The predicted molar refractivity (Wildman–Crippen MR) is 119 cm³/mol. The van der Waals surface area contributed by atoms with Crippen molar-refractivity contribution in [2.24, 2.45) is 10.7 Å². The molecule has 0 aliphatic heterocycles. The van der Waals surface area contributed by atoms with Gasteiger partial charge in [0.15, 0.2) is 5.50 Å². The maximum Gasteiger partial charge on any atom is 0.153 e. The van der Waals surface area contributed by atoms with Gasteiger partial charge in [-0.15, -0.1) is 6.58 Å². The number of nitrogens with zero attached hydrogens (tertiary/aromatic N) is 2. The van der Waals surface area contributed by atoms with Crippen molar-refractivity contribution in [1.29, 1.82) is 0 Å². The summed E-state index contributed by atoms with van der Waals surface area (Å²) < 4.78 is 0. The van der Waals surface area contributed by atoms with Gasteiger partial charge in [0.1, 0.15) is 0 Å². The first kappa shape index (κ1) is 24.9. The van der Waals surface area contributed by atoms with Gasteiger partial charge in [-0.05, 0) is 51.6 Å². The van der Waals surface area contributed by atoms with Crippen LogP contribution in [0, 0.1) is 0 Å². The predicted octanol–water partition coefficient (Wildman–Crippen LogP) is 3.68. The Bertz CT molecular complexity index is 471. The van der Waals surface area contributed by atoms with Crippen LogP contribution in [0.4, 0.5) is 0 Å². The molecule has 0 aliphatic carbocycles. The molecule has 26 heavy (non-hydrogen) atoms. The van der Waals surface area contributed by atoms with E-state index in [4.69, 9.17) is 5.73 Å². The van der Waals surface area contributed by atoms with Gasteiger partial charge in [-0.3, -0.25) is 5.32 Å². The third kappa shape index (κ3) is 12.3. The summed E-state index contributed by atoms with van der Waals surface area (Å²) in [6.07, 6.45) is 8.68. The molecule has 0 heterocycles. The summed E-state index contributed by atoms with van der Waals surface area (Å²) in [4.78, 5) is 7.88. The minimum Gasteiger partial charge on any atom is -0.390 e. The summed E-state index contributed by atoms with van der Waals surface area (Å²) in [7, 11) is 2.12. The molecule has 5 nitrogen and oxygen atoms in total. The second-order valence-electron chi connectivity index (χ2n) is 6.29. The third-order valence-corrected chi connectivity index (χ3v) is 5.49. The van der Waals surface area contributed by atoms with Crippen LogP contribution in [-0.4, -0.2) is 50.1 Å². The highest BCUT2D eigenvalue weighted by atomic mass is 32.2. The molecule has 1 atom stereocenters. The first-order chi connectivity index (χ1) is 12.5. The number of hydrogen-bond donors (Lipinski definition) is 3. The molecule has 0 saturated carbocycles. The Balaban J connectivity index is 4.50. The fourth-order valence-electron chi connectivity index (χ4n) is 2.15. The second kappa shape index (κ2) is 16.1. The highest BCUT2D eigenvalue weighted by Gasteiger charge is 2.08. The standard InChI is InChI=1S/C20H39N5S/c1-7-10-19(8-2)12-11-17(4)18(5)26-20(23-15-21)24-16-22-13-14-25(6)9-3/h7,12,15,20,22,24H,1,8-11,13-14,16H2,2-6H3,(H2,21,23). The quantitative estimate of drug-likeness (QED) is 0.133. The van der Waals surface area contributed by atoms with Crippen molar-refractivity contribution >= 4 is 18.1 Å². The van der Waals surface area contributed by atoms with Crippen LogP contribution >= 0.6 is 11.8 Å². The fraction of sp³-hybridized carbons (Fsp3) is 0.650. The van der Waals surface area contributed by atoms with E-state index >= 15 is 0 Å². The van der Waals surface area contributed by atoms with E-state index in [2.05, 4.69) is 67.9 Å². The molecule has 4 N–H and O–H groups in total. The highest BCUT2D eigenvalue weighted by Crippen LogP contribution is 2.26. The number of hydrogen-bond acceptors (Lipinski definition) is 5. The summed E-state index contributed by atoms with van der Waals surface area (Å²) in [5, 5.41) is 6.78. The van der Waals surface area contributed by atoms with Gasteiger partial charge >= 0.3 is 0 Å². The third-order valence-electron chi connectivity index (χ3n) is 4.28. The Labute approximate surface area is 165 Å². The monoisotopic (exact) mass is 381 g/mol. The van der Waals surface area contributed by atoms with Crippen LogP contribution in [0.25, 0.3) is 0 Å². The molecule has 0 radical (unpaired) electrons. The molecular formula is C20H39N5S. The van der Waals surface area contributed by atoms with Crippen molar-refractivity contribution < 1.29 is 0 Å². The maximum absolute atomic E-state index is 5.51. The van der Waals surface area contributed by atoms with Crippen LogP contribution < -0.4 is 16.4 Å². The van der Waals surface area contributed by atoms with Gasteiger partial charge in [0.2, 0.25) is 0 Å². The van der Waals surface area contributed by atoms with Crippen molar-refractivity contribution in [3.8, 4) is 0 Å². The maximum atomic E-state index is 5.51. The van der Waals surface area contributed by atoms with E-state index < -0.39 is 0 Å². The van der Waals surface area contributed by atoms with E-state index in [1.165, 1.54) is 22.4 Å². The zero-order valence-corrected chi connectivity index (χ0v) is 18.2. The van der Waals surface area contributed by atoms with Crippen LogP contribution in [0.1, 0.15) is 47.0 Å². The zero-order chi connectivity index (χ0) is 19.8. The fourth-order valence-corrected chi connectivity index (χ4v) is 3.06. The van der Waals surface area contributed by atoms with Gasteiger partial charge in [0.25, 0.3) is 0 Å². The minimum absolute atomic E-state index is 0.0749. The lowest BCUT2D eigenvalue weighted by atomic mass is 10.1. The molecule has 0 bridgehead atoms. The molecule has 1 unspecified atom stereocenters. The molecule has 0 aromatic rings. The molecule has 0 aromatic carbocycles. The smallest absolute Gasteiger partial charge is 0.153 e. The molecule has 0 amide bonds. The van der Waals surface area contributed by atoms with E-state index in [0.29, 0.717) is 6.67 Å². The molecule has 0 spiro atoms. The van der Waals surface area contributed by atoms with Crippen LogP contribution in [-0.2, 0) is 0 Å². The van der Waals surface area contributed by atoms with Crippen LogP contribution in [0.2, 0.25) is 0 Å². The van der Waals surface area contributed by atoms with Crippen molar-refractivity contribution in [3.63, 3.8) is 0 Å². The molecule has 0 saturated heterocycles.